The minimum Gasteiger partial charge on any atom is -0.394 e. The third-order valence-electron chi connectivity index (χ3n) is 2.89. The molecule has 0 saturated carbocycles. The molecule has 1 aromatic rings. The fraction of sp³-hybridized carbons (Fsp3) is 0.533. The van der Waals surface area contributed by atoms with Crippen LogP contribution >= 0.6 is 0 Å². The highest BCUT2D eigenvalue weighted by molar-refractivity contribution is 5.78. The first kappa shape index (κ1) is 14.7. The summed E-state index contributed by atoms with van der Waals surface area (Å²) < 4.78 is 0. The maximum absolute atomic E-state index is 11.6. The van der Waals surface area contributed by atoms with Crippen molar-refractivity contribution in [1.29, 1.82) is 0 Å². The molecular weight excluding hydrogens is 226 g/mol. The minimum absolute atomic E-state index is 0.0261. The summed E-state index contributed by atoms with van der Waals surface area (Å²) in [5.41, 5.74) is 2.34. The minimum atomic E-state index is -0.179. The molecule has 0 aliphatic heterocycles. The van der Waals surface area contributed by atoms with Crippen LogP contribution < -0.4 is 5.32 Å². The molecule has 1 aromatic carbocycles. The van der Waals surface area contributed by atoms with E-state index in [0.717, 1.165) is 12.0 Å². The summed E-state index contributed by atoms with van der Waals surface area (Å²) in [5.74, 6) is -0.0436. The Bertz CT molecular complexity index is 359. The molecule has 0 unspecified atom stereocenters. The van der Waals surface area contributed by atoms with Gasteiger partial charge >= 0.3 is 0 Å². The van der Waals surface area contributed by atoms with Crippen LogP contribution in [0.3, 0.4) is 0 Å². The first-order valence-corrected chi connectivity index (χ1v) is 6.63. The summed E-state index contributed by atoms with van der Waals surface area (Å²) in [6, 6.07) is 8.02. The van der Waals surface area contributed by atoms with Gasteiger partial charge < -0.3 is 10.4 Å². The van der Waals surface area contributed by atoms with Gasteiger partial charge in [-0.1, -0.05) is 37.6 Å². The number of hydrogen-bond acceptors (Lipinski definition) is 2. The molecule has 0 aliphatic rings. The molecule has 1 amide bonds. The molecule has 18 heavy (non-hydrogen) atoms. The highest BCUT2D eigenvalue weighted by Crippen LogP contribution is 2.08. The van der Waals surface area contributed by atoms with Crippen molar-refractivity contribution in [3.8, 4) is 0 Å². The predicted molar refractivity (Wildman–Crippen MR) is 73.4 cm³/mol. The lowest BCUT2D eigenvalue weighted by Crippen LogP contribution is -2.35. The first-order chi connectivity index (χ1) is 8.65. The number of unbranched alkanes of at least 4 members (excludes halogenated alkanes) is 1. The van der Waals surface area contributed by atoms with E-state index in [2.05, 4.69) is 24.4 Å². The molecule has 1 atom stereocenters. The quantitative estimate of drug-likeness (QED) is 0.777. The Morgan fingerprint density at radius 3 is 2.44 bits per heavy atom. The van der Waals surface area contributed by atoms with Crippen LogP contribution in [0.15, 0.2) is 24.3 Å². The summed E-state index contributed by atoms with van der Waals surface area (Å²) in [7, 11) is 0. The maximum atomic E-state index is 11.6. The van der Waals surface area contributed by atoms with Crippen molar-refractivity contribution >= 4 is 5.91 Å². The largest absolute Gasteiger partial charge is 0.394 e. The van der Waals surface area contributed by atoms with Gasteiger partial charge in [-0.15, -0.1) is 0 Å². The van der Waals surface area contributed by atoms with Crippen molar-refractivity contribution in [2.75, 3.05) is 6.61 Å². The number of aryl methyl sites for hydroxylation is 1. The van der Waals surface area contributed by atoms with Crippen molar-refractivity contribution < 1.29 is 9.90 Å². The van der Waals surface area contributed by atoms with Gasteiger partial charge in [-0.3, -0.25) is 4.79 Å². The van der Waals surface area contributed by atoms with E-state index >= 15 is 0 Å². The average Bonchev–Trinajstić information content (AvgIpc) is 2.37. The van der Waals surface area contributed by atoms with Gasteiger partial charge in [0.2, 0.25) is 5.91 Å². The standard InChI is InChI=1S/C15H23NO2/c1-3-4-5-13-6-8-14(9-7-13)10-15(18)16-12(2)11-17/h6-9,12,17H,3-5,10-11H2,1-2H3,(H,16,18)/t12-/m0/s1. The molecule has 0 aliphatic carbocycles. The topological polar surface area (TPSA) is 49.3 Å². The monoisotopic (exact) mass is 249 g/mol. The lowest BCUT2D eigenvalue weighted by atomic mass is 10.0. The lowest BCUT2D eigenvalue weighted by molar-refractivity contribution is -0.121. The molecule has 2 N–H and O–H groups in total. The highest BCUT2D eigenvalue weighted by atomic mass is 16.3. The molecule has 100 valence electrons. The molecule has 3 nitrogen and oxygen atoms in total. The van der Waals surface area contributed by atoms with Crippen LogP contribution in [0, 0.1) is 0 Å². The Hall–Kier alpha value is -1.35. The summed E-state index contributed by atoms with van der Waals surface area (Å²) in [4.78, 5) is 11.6. The second-order valence-electron chi connectivity index (χ2n) is 4.75. The zero-order valence-electron chi connectivity index (χ0n) is 11.3. The number of aliphatic hydroxyl groups is 1. The van der Waals surface area contributed by atoms with E-state index < -0.39 is 0 Å². The summed E-state index contributed by atoms with van der Waals surface area (Å²) >= 11 is 0. The Balaban J connectivity index is 2.45. The normalized spacial score (nSPS) is 12.2. The number of rotatable bonds is 7. The zero-order valence-corrected chi connectivity index (χ0v) is 11.3. The molecular formula is C15H23NO2. The first-order valence-electron chi connectivity index (χ1n) is 6.63. The average molecular weight is 249 g/mol. The van der Waals surface area contributed by atoms with Gasteiger partial charge in [0, 0.05) is 6.04 Å². The summed E-state index contributed by atoms with van der Waals surface area (Å²) in [6.07, 6.45) is 3.87. The molecule has 3 heteroatoms. The van der Waals surface area contributed by atoms with Gasteiger partial charge in [0.25, 0.3) is 0 Å². The molecule has 0 saturated heterocycles. The van der Waals surface area contributed by atoms with Crippen molar-refractivity contribution in [2.45, 2.75) is 45.6 Å². The number of benzene rings is 1. The molecule has 0 aromatic heterocycles. The van der Waals surface area contributed by atoms with Crippen LogP contribution in [0.4, 0.5) is 0 Å². The van der Waals surface area contributed by atoms with Crippen LogP contribution in [-0.2, 0) is 17.6 Å². The number of amides is 1. The smallest absolute Gasteiger partial charge is 0.224 e. The van der Waals surface area contributed by atoms with Gasteiger partial charge in [0.1, 0.15) is 0 Å². The van der Waals surface area contributed by atoms with Crippen LogP contribution in [0.5, 0.6) is 0 Å². The SMILES string of the molecule is CCCCc1ccc(CC(=O)N[C@@H](C)CO)cc1. The van der Waals surface area contributed by atoms with Crippen LogP contribution in [0.25, 0.3) is 0 Å². The Labute approximate surface area is 109 Å². The van der Waals surface area contributed by atoms with Crippen LogP contribution in [0.2, 0.25) is 0 Å². The van der Waals surface area contributed by atoms with Crippen molar-refractivity contribution in [2.24, 2.45) is 0 Å². The van der Waals surface area contributed by atoms with Gasteiger partial charge in [-0.05, 0) is 30.9 Å². The van der Waals surface area contributed by atoms with E-state index in [0.29, 0.717) is 6.42 Å². The lowest BCUT2D eigenvalue weighted by Gasteiger charge is -2.10. The van der Waals surface area contributed by atoms with E-state index in [9.17, 15) is 4.79 Å². The van der Waals surface area contributed by atoms with Gasteiger partial charge in [0.05, 0.1) is 13.0 Å². The van der Waals surface area contributed by atoms with Gasteiger partial charge in [-0.2, -0.15) is 0 Å². The summed E-state index contributed by atoms with van der Waals surface area (Å²) in [5, 5.41) is 11.6. The molecule has 0 heterocycles. The van der Waals surface area contributed by atoms with E-state index in [1.807, 2.05) is 12.1 Å². The maximum Gasteiger partial charge on any atom is 0.224 e. The Kier molecular flexibility index (Phi) is 6.44. The number of nitrogens with one attached hydrogen (secondary N) is 1. The molecule has 0 bridgehead atoms. The molecule has 0 spiro atoms. The van der Waals surface area contributed by atoms with Crippen molar-refractivity contribution in [1.82, 2.24) is 5.32 Å². The number of carbonyl (C=O) groups is 1. The third-order valence-corrected chi connectivity index (χ3v) is 2.89. The van der Waals surface area contributed by atoms with Crippen molar-refractivity contribution in [3.63, 3.8) is 0 Å². The fourth-order valence-corrected chi connectivity index (χ4v) is 1.76. The van der Waals surface area contributed by atoms with Crippen molar-refractivity contribution in [3.05, 3.63) is 35.4 Å². The van der Waals surface area contributed by atoms with Gasteiger partial charge in [-0.25, -0.2) is 0 Å². The zero-order chi connectivity index (χ0) is 13.4. The van der Waals surface area contributed by atoms with E-state index in [1.165, 1.54) is 18.4 Å². The second-order valence-corrected chi connectivity index (χ2v) is 4.75. The molecule has 0 fully saturated rings. The number of aliphatic hydroxyl groups excluding tert-OH is 1. The van der Waals surface area contributed by atoms with Gasteiger partial charge in [0.15, 0.2) is 0 Å². The predicted octanol–water partition coefficient (Wildman–Crippen LogP) is 2.07. The second kappa shape index (κ2) is 7.88. The Morgan fingerprint density at radius 1 is 1.28 bits per heavy atom. The van der Waals surface area contributed by atoms with E-state index in [4.69, 9.17) is 5.11 Å². The van der Waals surface area contributed by atoms with E-state index in [1.54, 1.807) is 6.92 Å². The third kappa shape index (κ3) is 5.32. The highest BCUT2D eigenvalue weighted by Gasteiger charge is 2.06. The Morgan fingerprint density at radius 2 is 1.89 bits per heavy atom. The number of hydrogen-bond donors (Lipinski definition) is 2. The summed E-state index contributed by atoms with van der Waals surface area (Å²) in [6.45, 7) is 3.94. The van der Waals surface area contributed by atoms with Crippen LogP contribution in [0.1, 0.15) is 37.8 Å². The van der Waals surface area contributed by atoms with E-state index in [-0.39, 0.29) is 18.6 Å². The number of carbonyl (C=O) groups excluding carboxylic acids is 1. The fourth-order valence-electron chi connectivity index (χ4n) is 1.76. The molecule has 0 radical (unpaired) electrons. The van der Waals surface area contributed by atoms with Crippen LogP contribution in [-0.4, -0.2) is 23.7 Å². The molecule has 1 rings (SSSR count).